The Morgan fingerprint density at radius 3 is 2.79 bits per heavy atom. The van der Waals surface area contributed by atoms with Crippen LogP contribution in [0.4, 0.5) is 4.39 Å². The lowest BCUT2D eigenvalue weighted by atomic mass is 10.00. The van der Waals surface area contributed by atoms with Gasteiger partial charge in [0.25, 0.3) is 0 Å². The molecule has 1 rings (SSSR count). The zero-order valence-corrected chi connectivity index (χ0v) is 8.64. The van der Waals surface area contributed by atoms with Crippen molar-refractivity contribution in [3.8, 4) is 6.07 Å². The Kier molecular flexibility index (Phi) is 5.14. The van der Waals surface area contributed by atoms with Crippen LogP contribution in [0.5, 0.6) is 0 Å². The zero-order valence-electron chi connectivity index (χ0n) is 7.83. The Morgan fingerprint density at radius 1 is 1.57 bits per heavy atom. The summed E-state index contributed by atoms with van der Waals surface area (Å²) in [5.41, 5.74) is 6.93. The molecule has 76 valence electrons. The van der Waals surface area contributed by atoms with E-state index in [4.69, 9.17) is 11.0 Å². The first-order valence-corrected chi connectivity index (χ1v) is 4.04. The molecule has 0 amide bonds. The smallest absolute Gasteiger partial charge is 0.126 e. The summed E-state index contributed by atoms with van der Waals surface area (Å²) in [6, 6.07) is 6.32. The number of nitrogens with two attached hydrogens (primary N) is 1. The van der Waals surface area contributed by atoms with E-state index in [9.17, 15) is 4.39 Å². The lowest BCUT2D eigenvalue weighted by Gasteiger charge is -2.11. The molecule has 0 heterocycles. The van der Waals surface area contributed by atoms with Crippen LogP contribution in [0.1, 0.15) is 23.6 Å². The largest absolute Gasteiger partial charge is 0.323 e. The lowest BCUT2D eigenvalue weighted by molar-refractivity contribution is 0.608. The zero-order chi connectivity index (χ0) is 9.84. The van der Waals surface area contributed by atoms with Gasteiger partial charge in [-0.15, -0.1) is 12.4 Å². The number of nitriles is 1. The molecule has 0 spiro atoms. The summed E-state index contributed by atoms with van der Waals surface area (Å²) in [6.07, 6.45) is 0.213. The second-order valence-corrected chi connectivity index (χ2v) is 2.92. The number of halogens is 2. The van der Waals surface area contributed by atoms with E-state index in [1.807, 2.05) is 6.07 Å². The predicted octanol–water partition coefficient (Wildman–Crippen LogP) is 2.47. The molecule has 0 unspecified atom stereocenters. The van der Waals surface area contributed by atoms with E-state index >= 15 is 0 Å². The molecule has 0 saturated carbocycles. The Hall–Kier alpha value is -1.11. The summed E-state index contributed by atoms with van der Waals surface area (Å²) in [7, 11) is 0. The summed E-state index contributed by atoms with van der Waals surface area (Å²) >= 11 is 0. The fourth-order valence-electron chi connectivity index (χ4n) is 1.23. The molecule has 0 radical (unpaired) electrons. The molecule has 2 nitrogen and oxygen atoms in total. The molecule has 1 aromatic rings. The molecule has 4 heteroatoms. The minimum Gasteiger partial charge on any atom is -0.323 e. The second-order valence-electron chi connectivity index (χ2n) is 2.92. The first-order chi connectivity index (χ1) is 6.16. The molecule has 2 N–H and O–H groups in total. The van der Waals surface area contributed by atoms with Crippen molar-refractivity contribution >= 4 is 12.4 Å². The normalized spacial score (nSPS) is 11.3. The molecule has 0 aliphatic rings. The third kappa shape index (κ3) is 2.69. The van der Waals surface area contributed by atoms with Crippen molar-refractivity contribution in [1.82, 2.24) is 0 Å². The van der Waals surface area contributed by atoms with E-state index in [0.29, 0.717) is 11.1 Å². The quantitative estimate of drug-likeness (QED) is 0.822. The van der Waals surface area contributed by atoms with Crippen LogP contribution in [-0.2, 0) is 0 Å². The van der Waals surface area contributed by atoms with Gasteiger partial charge in [0.15, 0.2) is 0 Å². The molecule has 0 aliphatic carbocycles. The number of benzene rings is 1. The van der Waals surface area contributed by atoms with Crippen molar-refractivity contribution in [3.05, 3.63) is 35.1 Å². The van der Waals surface area contributed by atoms with Crippen LogP contribution in [0.25, 0.3) is 0 Å². The molecular weight excluding hydrogens is 203 g/mol. The van der Waals surface area contributed by atoms with Crippen molar-refractivity contribution in [1.29, 1.82) is 5.26 Å². The number of hydrogen-bond acceptors (Lipinski definition) is 2. The topological polar surface area (TPSA) is 49.8 Å². The maximum Gasteiger partial charge on any atom is 0.126 e. The van der Waals surface area contributed by atoms with Gasteiger partial charge in [0.2, 0.25) is 0 Å². The molecular formula is C10H12ClFN2. The Balaban J connectivity index is 0.00000169. The molecule has 0 saturated heterocycles. The maximum absolute atomic E-state index is 13.0. The summed E-state index contributed by atoms with van der Waals surface area (Å²) in [6.45, 7) is 1.67. The van der Waals surface area contributed by atoms with Crippen LogP contribution in [-0.4, -0.2) is 0 Å². The first-order valence-electron chi connectivity index (χ1n) is 4.04. The minimum atomic E-state index is -0.388. The Labute approximate surface area is 88.9 Å². The average Bonchev–Trinajstić information content (AvgIpc) is 2.10. The van der Waals surface area contributed by atoms with Gasteiger partial charge in [-0.05, 0) is 24.1 Å². The van der Waals surface area contributed by atoms with E-state index in [2.05, 4.69) is 0 Å². The van der Waals surface area contributed by atoms with Gasteiger partial charge < -0.3 is 5.73 Å². The number of rotatable bonds is 2. The van der Waals surface area contributed by atoms with Crippen molar-refractivity contribution in [2.45, 2.75) is 19.4 Å². The fourth-order valence-corrected chi connectivity index (χ4v) is 1.23. The predicted molar refractivity (Wildman–Crippen MR) is 55.5 cm³/mol. The first kappa shape index (κ1) is 12.9. The van der Waals surface area contributed by atoms with Crippen LogP contribution in [0.2, 0.25) is 0 Å². The van der Waals surface area contributed by atoms with Crippen molar-refractivity contribution in [3.63, 3.8) is 0 Å². The number of hydrogen-bond donors (Lipinski definition) is 1. The SMILES string of the molecule is Cc1c(F)cccc1[C@@H](N)CC#N.Cl. The van der Waals surface area contributed by atoms with E-state index in [0.717, 1.165) is 0 Å². The molecule has 0 fully saturated rings. The maximum atomic E-state index is 13.0. The van der Waals surface area contributed by atoms with E-state index in [1.54, 1.807) is 19.1 Å². The van der Waals surface area contributed by atoms with Gasteiger partial charge in [0.05, 0.1) is 12.5 Å². The summed E-state index contributed by atoms with van der Waals surface area (Å²) < 4.78 is 13.0. The van der Waals surface area contributed by atoms with Crippen molar-refractivity contribution in [2.75, 3.05) is 0 Å². The summed E-state index contributed by atoms with van der Waals surface area (Å²) in [4.78, 5) is 0. The Morgan fingerprint density at radius 2 is 2.21 bits per heavy atom. The Bertz CT molecular complexity index is 346. The van der Waals surface area contributed by atoms with Gasteiger partial charge in [0, 0.05) is 6.04 Å². The highest BCUT2D eigenvalue weighted by Crippen LogP contribution is 2.19. The fraction of sp³-hybridized carbons (Fsp3) is 0.300. The van der Waals surface area contributed by atoms with Gasteiger partial charge in [-0.2, -0.15) is 5.26 Å². The van der Waals surface area contributed by atoms with E-state index in [-0.39, 0.29) is 30.7 Å². The molecule has 0 aromatic heterocycles. The monoisotopic (exact) mass is 214 g/mol. The molecule has 0 bridgehead atoms. The minimum absolute atomic E-state index is 0. The van der Waals surface area contributed by atoms with Crippen molar-refractivity contribution in [2.24, 2.45) is 5.73 Å². The third-order valence-corrected chi connectivity index (χ3v) is 2.02. The highest BCUT2D eigenvalue weighted by atomic mass is 35.5. The van der Waals surface area contributed by atoms with E-state index < -0.39 is 0 Å². The lowest BCUT2D eigenvalue weighted by Crippen LogP contribution is -2.11. The van der Waals surface area contributed by atoms with Crippen LogP contribution < -0.4 is 5.73 Å². The highest BCUT2D eigenvalue weighted by molar-refractivity contribution is 5.85. The van der Waals surface area contributed by atoms with Crippen LogP contribution in [0.15, 0.2) is 18.2 Å². The summed E-state index contributed by atoms with van der Waals surface area (Å²) in [5.74, 6) is -0.272. The number of nitrogens with zero attached hydrogens (tertiary/aromatic N) is 1. The van der Waals surface area contributed by atoms with Gasteiger partial charge in [-0.25, -0.2) is 4.39 Å². The standard InChI is InChI=1S/C10H11FN2.ClH/c1-7-8(10(13)5-6-12)3-2-4-9(7)11;/h2-4,10H,5,13H2,1H3;1H/t10-;/m0./s1. The van der Waals surface area contributed by atoms with Crippen LogP contribution in [0.3, 0.4) is 0 Å². The second kappa shape index (κ2) is 5.58. The molecule has 1 atom stereocenters. The van der Waals surface area contributed by atoms with Gasteiger partial charge in [-0.1, -0.05) is 12.1 Å². The van der Waals surface area contributed by atoms with Gasteiger partial charge in [-0.3, -0.25) is 0 Å². The third-order valence-electron chi connectivity index (χ3n) is 2.02. The highest BCUT2D eigenvalue weighted by Gasteiger charge is 2.10. The van der Waals surface area contributed by atoms with Gasteiger partial charge >= 0.3 is 0 Å². The average molecular weight is 215 g/mol. The van der Waals surface area contributed by atoms with Gasteiger partial charge in [0.1, 0.15) is 5.82 Å². The molecule has 0 aliphatic heterocycles. The molecule has 14 heavy (non-hydrogen) atoms. The van der Waals surface area contributed by atoms with E-state index in [1.165, 1.54) is 6.07 Å². The van der Waals surface area contributed by atoms with Crippen molar-refractivity contribution < 1.29 is 4.39 Å². The molecule has 1 aromatic carbocycles. The summed E-state index contributed by atoms with van der Waals surface area (Å²) in [5, 5.41) is 8.43. The van der Waals surface area contributed by atoms with Crippen LogP contribution >= 0.6 is 12.4 Å². The van der Waals surface area contributed by atoms with Crippen LogP contribution in [0, 0.1) is 24.1 Å².